The van der Waals surface area contributed by atoms with Crippen molar-refractivity contribution in [3.63, 3.8) is 0 Å². The molecule has 0 aliphatic carbocycles. The van der Waals surface area contributed by atoms with E-state index >= 15 is 0 Å². The van der Waals surface area contributed by atoms with Crippen molar-refractivity contribution in [2.75, 3.05) is 13.2 Å². The van der Waals surface area contributed by atoms with Gasteiger partial charge < -0.3 is 9.47 Å². The van der Waals surface area contributed by atoms with Gasteiger partial charge in [-0.2, -0.15) is 78.3 Å². The molecule has 0 saturated heterocycles. The molecule has 22 heteroatoms. The van der Waals surface area contributed by atoms with Gasteiger partial charge >= 0.3 is 43.4 Å². The third kappa shape index (κ3) is 9.73. The molecule has 0 aromatic heterocycles. The molecule has 0 unspecified atom stereocenters. The maximum atomic E-state index is 13.1. The fourth-order valence-corrected chi connectivity index (χ4v) is 3.84. The highest BCUT2D eigenvalue weighted by Gasteiger charge is 2.50. The first kappa shape index (κ1) is 35.6. The summed E-state index contributed by atoms with van der Waals surface area (Å²) in [7, 11) is -13.0. The monoisotopic (exact) mass is 682 g/mol. The number of rotatable bonds is 10. The second kappa shape index (κ2) is 12.6. The summed E-state index contributed by atoms with van der Waals surface area (Å²) in [5.41, 5.74) is -18.8. The fraction of sp³-hybridized carbons (Fsp3) is 0.333. The van der Waals surface area contributed by atoms with Crippen molar-refractivity contribution in [1.82, 2.24) is 0 Å². The van der Waals surface area contributed by atoms with E-state index in [1.54, 1.807) is 0 Å². The molecule has 2 rings (SSSR count). The van der Waals surface area contributed by atoms with Gasteiger partial charge in [0.25, 0.3) is 0 Å². The van der Waals surface area contributed by atoms with E-state index in [0.29, 0.717) is 24.3 Å². The molecule has 0 aliphatic rings. The molecule has 0 heterocycles. The van der Waals surface area contributed by atoms with Gasteiger partial charge in [0.2, 0.25) is 0 Å². The molecule has 0 spiro atoms. The van der Waals surface area contributed by atoms with Crippen molar-refractivity contribution in [3.8, 4) is 11.5 Å². The van der Waals surface area contributed by atoms with Crippen LogP contribution in [0.1, 0.15) is 17.5 Å². The summed E-state index contributed by atoms with van der Waals surface area (Å²) < 4.78 is 212. The molecule has 240 valence electrons. The minimum Gasteiger partial charge on any atom is -0.493 e. The Kier molecular flexibility index (Phi) is 10.4. The first-order chi connectivity index (χ1) is 19.4. The molecule has 0 radical (unpaired) electrons. The molecule has 0 fully saturated rings. The summed E-state index contributed by atoms with van der Waals surface area (Å²) in [5.74, 6) is -0.220. The normalized spacial score (nSPS) is 14.5. The average molecular weight is 682 g/mol. The van der Waals surface area contributed by atoms with E-state index in [1.165, 1.54) is 0 Å². The molecule has 2 aromatic carbocycles. The van der Waals surface area contributed by atoms with Gasteiger partial charge in [0.05, 0.1) is 13.2 Å². The van der Waals surface area contributed by atoms with Gasteiger partial charge in [-0.1, -0.05) is 0 Å². The summed E-state index contributed by atoms with van der Waals surface area (Å²) in [6.45, 7) is -0.388. The van der Waals surface area contributed by atoms with E-state index in [0.717, 1.165) is 24.3 Å². The number of sulfonamides is 2. The maximum absolute atomic E-state index is 13.1. The molecule has 8 nitrogen and oxygen atoms in total. The van der Waals surface area contributed by atoms with Crippen LogP contribution in [0.2, 0.25) is 0 Å². The number of ether oxygens (including phenoxy) is 2. The quantitative estimate of drug-likeness (QED) is 0.174. The number of alkyl halides is 12. The Morgan fingerprint density at radius 2 is 0.814 bits per heavy atom. The Morgan fingerprint density at radius 3 is 1.05 bits per heavy atom. The standard InChI is InChI=1S/C21H14F12N2O6S2/c22-18(23,24)16(34-42(36,37)20(28,29)30)12-2-6-14(7-3-12)40-10-1-11-41-15-8-4-13(5-9-15)17(19(25,26)27)35-43(38,39)21(31,32)33/h2-9H,1,10-11H2/b34-16-,35-17-. The van der Waals surface area contributed by atoms with Crippen LogP contribution in [0.15, 0.2) is 57.3 Å². The Labute approximate surface area is 233 Å². The van der Waals surface area contributed by atoms with Gasteiger partial charge in [0.1, 0.15) is 11.5 Å². The van der Waals surface area contributed by atoms with Gasteiger partial charge in [0.15, 0.2) is 11.4 Å². The van der Waals surface area contributed by atoms with E-state index in [2.05, 4.69) is 0 Å². The van der Waals surface area contributed by atoms with Crippen LogP contribution in [0.5, 0.6) is 11.5 Å². The highest BCUT2D eigenvalue weighted by molar-refractivity contribution is 7.91. The van der Waals surface area contributed by atoms with Gasteiger partial charge in [-0.25, -0.2) is 0 Å². The lowest BCUT2D eigenvalue weighted by atomic mass is 10.1. The number of hydrogen-bond donors (Lipinski definition) is 0. The van der Waals surface area contributed by atoms with Crippen LogP contribution in [0.25, 0.3) is 0 Å². The SMILES string of the molecule is O=S(=O)(/N=C(/c1ccc(OCCCOc2ccc(/C(=N/S(=O)(=O)C(F)(F)F)C(F)(F)F)cc2)cc1)C(F)(F)F)C(F)(F)F. The number of nitrogens with zero attached hydrogens (tertiary/aromatic N) is 2. The average Bonchev–Trinajstić information content (AvgIpc) is 2.84. The lowest BCUT2D eigenvalue weighted by molar-refractivity contribution is -0.0594. The van der Waals surface area contributed by atoms with E-state index < -0.39 is 66.0 Å². The fourth-order valence-electron chi connectivity index (χ4n) is 2.74. The van der Waals surface area contributed by atoms with Crippen molar-refractivity contribution in [1.29, 1.82) is 0 Å². The third-order valence-electron chi connectivity index (χ3n) is 4.63. The van der Waals surface area contributed by atoms with E-state index in [1.807, 2.05) is 8.80 Å². The summed E-state index contributed by atoms with van der Waals surface area (Å²) in [6, 6.07) is 5.89. The molecule has 43 heavy (non-hydrogen) atoms. The molecule has 2 aromatic rings. The summed E-state index contributed by atoms with van der Waals surface area (Å²) in [6.07, 6.45) is -11.1. The van der Waals surface area contributed by atoms with Crippen LogP contribution in [0, 0.1) is 0 Å². The predicted molar refractivity (Wildman–Crippen MR) is 124 cm³/mol. The third-order valence-corrected chi connectivity index (χ3v) is 6.64. The van der Waals surface area contributed by atoms with Gasteiger partial charge in [-0.05, 0) is 48.5 Å². The Morgan fingerprint density at radius 1 is 0.535 bits per heavy atom. The Balaban J connectivity index is 2.02. The van der Waals surface area contributed by atoms with E-state index in [-0.39, 0.29) is 31.1 Å². The molecule has 0 amide bonds. The second-order valence-electron chi connectivity index (χ2n) is 7.82. The zero-order valence-corrected chi connectivity index (χ0v) is 22.1. The Bertz CT molecular complexity index is 1420. The van der Waals surface area contributed by atoms with Crippen LogP contribution in [0.4, 0.5) is 52.7 Å². The van der Waals surface area contributed by atoms with E-state index in [4.69, 9.17) is 9.47 Å². The van der Waals surface area contributed by atoms with Gasteiger partial charge in [0, 0.05) is 17.5 Å². The first-order valence-corrected chi connectivity index (χ1v) is 13.7. The number of halogens is 12. The topological polar surface area (TPSA) is 111 Å². The van der Waals surface area contributed by atoms with Crippen LogP contribution < -0.4 is 9.47 Å². The minimum absolute atomic E-state index is 0.0294. The number of benzene rings is 2. The van der Waals surface area contributed by atoms with Crippen LogP contribution in [-0.4, -0.2) is 64.8 Å². The zero-order valence-electron chi connectivity index (χ0n) is 20.4. The number of hydrogen-bond acceptors (Lipinski definition) is 6. The predicted octanol–water partition coefficient (Wildman–Crippen LogP) is 5.94. The van der Waals surface area contributed by atoms with Crippen molar-refractivity contribution in [3.05, 3.63) is 59.7 Å². The molecular formula is C21H14F12N2O6S2. The highest BCUT2D eigenvalue weighted by atomic mass is 32.2. The lowest BCUT2D eigenvalue weighted by Crippen LogP contribution is -2.29. The molecular weight excluding hydrogens is 668 g/mol. The van der Waals surface area contributed by atoms with Crippen molar-refractivity contribution in [2.24, 2.45) is 8.80 Å². The summed E-state index contributed by atoms with van der Waals surface area (Å²) in [5, 5.41) is 0. The molecule has 0 aliphatic heterocycles. The zero-order chi connectivity index (χ0) is 33.1. The molecule has 0 atom stereocenters. The van der Waals surface area contributed by atoms with E-state index in [9.17, 15) is 69.5 Å². The summed E-state index contributed by atoms with van der Waals surface area (Å²) in [4.78, 5) is 0. The first-order valence-electron chi connectivity index (χ1n) is 10.8. The molecule has 0 bridgehead atoms. The van der Waals surface area contributed by atoms with Crippen LogP contribution in [0.3, 0.4) is 0 Å². The van der Waals surface area contributed by atoms with Crippen molar-refractivity contribution in [2.45, 2.75) is 29.8 Å². The highest BCUT2D eigenvalue weighted by Crippen LogP contribution is 2.31. The van der Waals surface area contributed by atoms with Crippen LogP contribution in [-0.2, 0) is 20.0 Å². The maximum Gasteiger partial charge on any atom is 0.518 e. The minimum atomic E-state index is -6.51. The van der Waals surface area contributed by atoms with Gasteiger partial charge in [-0.15, -0.1) is 0 Å². The van der Waals surface area contributed by atoms with Crippen molar-refractivity contribution < 1.29 is 79.0 Å². The van der Waals surface area contributed by atoms with Crippen molar-refractivity contribution >= 4 is 31.5 Å². The second-order valence-corrected chi connectivity index (χ2v) is 11.0. The largest absolute Gasteiger partial charge is 0.518 e. The lowest BCUT2D eigenvalue weighted by Gasteiger charge is -2.13. The summed E-state index contributed by atoms with van der Waals surface area (Å²) >= 11 is 0. The molecule has 0 saturated carbocycles. The molecule has 0 N–H and O–H groups in total. The Hall–Kier alpha value is -3.56. The van der Waals surface area contributed by atoms with Gasteiger partial charge in [-0.3, -0.25) is 0 Å². The van der Waals surface area contributed by atoms with Crippen LogP contribution >= 0.6 is 0 Å². The smallest absolute Gasteiger partial charge is 0.493 e.